The van der Waals surface area contributed by atoms with Crippen LogP contribution in [0.3, 0.4) is 0 Å². The number of hydrogen-bond acceptors (Lipinski definition) is 5. The van der Waals surface area contributed by atoms with Crippen LogP contribution in [0, 0.1) is 5.92 Å². The van der Waals surface area contributed by atoms with Gasteiger partial charge in [0.25, 0.3) is 10.0 Å². The van der Waals surface area contributed by atoms with Crippen LogP contribution in [0.1, 0.15) is 70.4 Å². The molecule has 2 aliphatic heterocycles. The zero-order valence-corrected chi connectivity index (χ0v) is 21.2. The van der Waals surface area contributed by atoms with Gasteiger partial charge in [0.1, 0.15) is 5.75 Å². The van der Waals surface area contributed by atoms with E-state index >= 15 is 0 Å². The summed E-state index contributed by atoms with van der Waals surface area (Å²) in [7, 11) is -3.91. The molecule has 2 aromatic carbocycles. The van der Waals surface area contributed by atoms with E-state index in [0.29, 0.717) is 43.8 Å². The summed E-state index contributed by atoms with van der Waals surface area (Å²) in [6, 6.07) is 10.4. The van der Waals surface area contributed by atoms with Gasteiger partial charge in [0.15, 0.2) is 0 Å². The summed E-state index contributed by atoms with van der Waals surface area (Å²) in [6.45, 7) is 6.53. The number of benzene rings is 2. The van der Waals surface area contributed by atoms with Crippen molar-refractivity contribution in [1.82, 2.24) is 0 Å². The molecule has 0 spiro atoms. The van der Waals surface area contributed by atoms with E-state index in [1.807, 2.05) is 19.1 Å². The van der Waals surface area contributed by atoms with Gasteiger partial charge in [-0.15, -0.1) is 0 Å². The van der Waals surface area contributed by atoms with Crippen molar-refractivity contribution in [1.29, 1.82) is 0 Å². The first-order chi connectivity index (χ1) is 16.7. The minimum absolute atomic E-state index is 0.0662. The molecule has 2 heterocycles. The van der Waals surface area contributed by atoms with Gasteiger partial charge < -0.3 is 14.6 Å². The van der Waals surface area contributed by atoms with Crippen molar-refractivity contribution in [2.24, 2.45) is 5.92 Å². The first-order valence-electron chi connectivity index (χ1n) is 12.9. The summed E-state index contributed by atoms with van der Waals surface area (Å²) in [4.78, 5) is 0.0662. The highest BCUT2D eigenvalue weighted by Crippen LogP contribution is 2.38. The van der Waals surface area contributed by atoms with E-state index < -0.39 is 16.6 Å². The van der Waals surface area contributed by atoms with Crippen molar-refractivity contribution >= 4 is 15.7 Å². The Morgan fingerprint density at radius 3 is 2.62 bits per heavy atom. The number of anilines is 1. The lowest BCUT2D eigenvalue weighted by Crippen LogP contribution is -2.43. The molecule has 0 aliphatic carbocycles. The van der Waals surface area contributed by atoms with Gasteiger partial charge in [0, 0.05) is 24.8 Å². The second kappa shape index (κ2) is 10.7. The monoisotopic (exact) mass is 488 g/mol. The number of rotatable bonds is 8. The Bertz CT molecular complexity index is 1130. The van der Waals surface area contributed by atoms with E-state index in [4.69, 9.17) is 10.8 Å². The number of aryl methyl sites for hydroxylation is 1. The molecule has 1 saturated heterocycles. The molecule has 6 nitrogen and oxygen atoms in total. The molecule has 1 N–H and O–H groups in total. The third-order valence-electron chi connectivity index (χ3n) is 7.05. The largest absolute Gasteiger partial charge is 0.493 e. The Morgan fingerprint density at radius 2 is 1.94 bits per heavy atom. The first kappa shape index (κ1) is 23.6. The van der Waals surface area contributed by atoms with Gasteiger partial charge in [-0.3, -0.25) is 4.31 Å². The maximum absolute atomic E-state index is 14.0. The SMILES string of the molecule is [2H]C(O)c1cc(S(=O)(=O)N2c3ccc(C(C)C)cc3CCC2CC)ccc1OCC1CCOCC1. The molecular weight excluding hydrogens is 450 g/mol. The fourth-order valence-electron chi connectivity index (χ4n) is 4.87. The van der Waals surface area contributed by atoms with Crippen molar-refractivity contribution in [2.45, 2.75) is 76.3 Å². The van der Waals surface area contributed by atoms with Gasteiger partial charge in [0.05, 0.1) is 25.1 Å². The van der Waals surface area contributed by atoms with Crippen molar-refractivity contribution in [3.05, 3.63) is 53.1 Å². The topological polar surface area (TPSA) is 76.1 Å². The molecule has 0 radical (unpaired) electrons. The lowest BCUT2D eigenvalue weighted by Gasteiger charge is -2.38. The minimum atomic E-state index is -3.91. The van der Waals surface area contributed by atoms with Crippen LogP contribution in [0.25, 0.3) is 0 Å². The predicted octanol–water partition coefficient (Wildman–Crippen LogP) is 5.03. The molecule has 34 heavy (non-hydrogen) atoms. The summed E-state index contributed by atoms with van der Waals surface area (Å²) < 4.78 is 48.7. The average Bonchev–Trinajstić information content (AvgIpc) is 2.86. The van der Waals surface area contributed by atoms with Crippen LogP contribution in [0.2, 0.25) is 0 Å². The van der Waals surface area contributed by atoms with Crippen LogP contribution in [0.15, 0.2) is 41.3 Å². The van der Waals surface area contributed by atoms with Gasteiger partial charge >= 0.3 is 0 Å². The number of ether oxygens (including phenoxy) is 2. The molecular formula is C27H37NO5S. The Kier molecular flexibility index (Phi) is 7.42. The Morgan fingerprint density at radius 1 is 1.18 bits per heavy atom. The maximum atomic E-state index is 14.0. The molecule has 0 aromatic heterocycles. The molecule has 0 saturated carbocycles. The molecule has 2 atom stereocenters. The first-order valence-corrected chi connectivity index (χ1v) is 13.8. The Balaban J connectivity index is 1.67. The summed E-state index contributed by atoms with van der Waals surface area (Å²) in [6.07, 6.45) is 4.10. The minimum Gasteiger partial charge on any atom is -0.493 e. The smallest absolute Gasteiger partial charge is 0.264 e. The van der Waals surface area contributed by atoms with Gasteiger partial charge in [-0.2, -0.15) is 0 Å². The molecule has 2 aliphatic rings. The van der Waals surface area contributed by atoms with Crippen LogP contribution in [-0.2, 0) is 27.8 Å². The van der Waals surface area contributed by atoms with Crippen molar-refractivity contribution in [3.63, 3.8) is 0 Å². The highest BCUT2D eigenvalue weighted by atomic mass is 32.2. The van der Waals surface area contributed by atoms with E-state index in [1.165, 1.54) is 17.7 Å². The summed E-state index contributed by atoms with van der Waals surface area (Å²) >= 11 is 0. The average molecular weight is 489 g/mol. The fourth-order valence-corrected chi connectivity index (χ4v) is 6.69. The highest BCUT2D eigenvalue weighted by Gasteiger charge is 2.35. The third-order valence-corrected chi connectivity index (χ3v) is 8.91. The van der Waals surface area contributed by atoms with E-state index in [1.54, 1.807) is 10.4 Å². The Hall–Kier alpha value is -2.09. The zero-order chi connectivity index (χ0) is 25.2. The van der Waals surface area contributed by atoms with Crippen LogP contribution in [0.4, 0.5) is 5.69 Å². The standard InChI is InChI=1S/C27H37NO5S/c1-4-24-7-5-22-15-21(19(2)3)6-9-26(22)28(24)34(30,31)25-8-10-27(23(16-25)17-29)33-18-20-11-13-32-14-12-20/h6,8-10,15-16,19-20,24,29H,4-5,7,11-14,17-18H2,1-3H3/i17D. The van der Waals surface area contributed by atoms with Crippen LogP contribution < -0.4 is 9.04 Å². The predicted molar refractivity (Wildman–Crippen MR) is 134 cm³/mol. The zero-order valence-electron chi connectivity index (χ0n) is 21.4. The molecule has 7 heteroatoms. The number of hydrogen-bond donors (Lipinski definition) is 1. The van der Waals surface area contributed by atoms with Crippen LogP contribution in [-0.4, -0.2) is 39.4 Å². The second-order valence-electron chi connectivity index (χ2n) is 9.64. The molecule has 186 valence electrons. The van der Waals surface area contributed by atoms with Gasteiger partial charge in [-0.25, -0.2) is 8.42 Å². The van der Waals surface area contributed by atoms with Crippen molar-refractivity contribution in [3.8, 4) is 5.75 Å². The summed E-state index contributed by atoms with van der Waals surface area (Å²) in [5.74, 6) is 1.06. The highest BCUT2D eigenvalue weighted by molar-refractivity contribution is 7.92. The molecule has 0 amide bonds. The van der Waals surface area contributed by atoms with Gasteiger partial charge in [0.2, 0.25) is 0 Å². The van der Waals surface area contributed by atoms with Crippen LogP contribution >= 0.6 is 0 Å². The molecule has 1 fully saturated rings. The quantitative estimate of drug-likeness (QED) is 0.564. The molecule has 0 bridgehead atoms. The lowest BCUT2D eigenvalue weighted by atomic mass is 9.92. The lowest BCUT2D eigenvalue weighted by molar-refractivity contribution is 0.0494. The normalized spacial score (nSPS) is 20.7. The van der Waals surface area contributed by atoms with E-state index in [9.17, 15) is 13.5 Å². The maximum Gasteiger partial charge on any atom is 0.264 e. The molecule has 2 unspecified atom stereocenters. The van der Waals surface area contributed by atoms with Gasteiger partial charge in [-0.05, 0) is 79.3 Å². The van der Waals surface area contributed by atoms with Crippen molar-refractivity contribution in [2.75, 3.05) is 24.1 Å². The van der Waals surface area contributed by atoms with E-state index in [2.05, 4.69) is 19.9 Å². The number of aliphatic hydroxyl groups excluding tert-OH is 1. The number of nitrogens with zero attached hydrogens (tertiary/aromatic N) is 1. The fraction of sp³-hybridized carbons (Fsp3) is 0.556. The van der Waals surface area contributed by atoms with E-state index in [-0.39, 0.29) is 16.5 Å². The summed E-state index contributed by atoms with van der Waals surface area (Å²) in [5.41, 5.74) is 3.13. The summed E-state index contributed by atoms with van der Waals surface area (Å²) in [5, 5.41) is 10.1. The Labute approximate surface area is 205 Å². The third kappa shape index (κ3) is 5.11. The number of aliphatic hydroxyl groups is 1. The van der Waals surface area contributed by atoms with Crippen molar-refractivity contribution < 1.29 is 24.4 Å². The van der Waals surface area contributed by atoms with Gasteiger partial charge in [-0.1, -0.05) is 32.9 Å². The van der Waals surface area contributed by atoms with Crippen LogP contribution in [0.5, 0.6) is 5.75 Å². The number of sulfonamides is 1. The molecule has 4 rings (SSSR count). The van der Waals surface area contributed by atoms with E-state index in [0.717, 1.165) is 36.9 Å². The second-order valence-corrected chi connectivity index (χ2v) is 11.5. The number of fused-ring (bicyclic) bond motifs is 1. The molecule has 2 aromatic rings.